The number of aromatic nitrogens is 4. The molecular formula is C22H23FN6OS. The van der Waals surface area contributed by atoms with E-state index in [-0.39, 0.29) is 11.7 Å². The van der Waals surface area contributed by atoms with Crippen LogP contribution in [0.5, 0.6) is 0 Å². The maximum atomic E-state index is 13.4. The van der Waals surface area contributed by atoms with Crippen molar-refractivity contribution in [3.05, 3.63) is 53.5 Å². The van der Waals surface area contributed by atoms with Crippen LogP contribution in [0.4, 0.5) is 10.2 Å². The Kier molecular flexibility index (Phi) is 5.37. The molecule has 1 aromatic carbocycles. The van der Waals surface area contributed by atoms with E-state index in [0.29, 0.717) is 12.4 Å². The SMILES string of the molecule is CC(C)c1noc(CN2CCN(c3ncnc4scc(-c5ccc(F)cc5)c34)CC2)n1. The van der Waals surface area contributed by atoms with Gasteiger partial charge in [-0.1, -0.05) is 31.1 Å². The topological polar surface area (TPSA) is 71.2 Å². The molecule has 31 heavy (non-hydrogen) atoms. The summed E-state index contributed by atoms with van der Waals surface area (Å²) in [5, 5.41) is 7.16. The van der Waals surface area contributed by atoms with Gasteiger partial charge < -0.3 is 9.42 Å². The van der Waals surface area contributed by atoms with Crippen molar-refractivity contribution in [2.24, 2.45) is 0 Å². The Hall–Kier alpha value is -2.91. The van der Waals surface area contributed by atoms with Crippen molar-refractivity contribution in [3.8, 4) is 11.1 Å². The maximum Gasteiger partial charge on any atom is 0.240 e. The number of hydrogen-bond donors (Lipinski definition) is 0. The summed E-state index contributed by atoms with van der Waals surface area (Å²) in [4.78, 5) is 19.1. The quantitative estimate of drug-likeness (QED) is 0.459. The van der Waals surface area contributed by atoms with E-state index in [2.05, 4.69) is 49.1 Å². The third kappa shape index (κ3) is 4.03. The van der Waals surface area contributed by atoms with Gasteiger partial charge >= 0.3 is 0 Å². The Morgan fingerprint density at radius 3 is 2.58 bits per heavy atom. The van der Waals surface area contributed by atoms with E-state index >= 15 is 0 Å². The van der Waals surface area contributed by atoms with E-state index in [1.165, 1.54) is 12.1 Å². The zero-order valence-electron chi connectivity index (χ0n) is 17.5. The molecule has 9 heteroatoms. The van der Waals surface area contributed by atoms with Crippen molar-refractivity contribution >= 4 is 27.4 Å². The number of anilines is 1. The Labute approximate surface area is 183 Å². The summed E-state index contributed by atoms with van der Waals surface area (Å²) in [6, 6.07) is 6.59. The number of benzene rings is 1. The van der Waals surface area contributed by atoms with Crippen molar-refractivity contribution in [1.82, 2.24) is 25.0 Å². The largest absolute Gasteiger partial charge is 0.353 e. The molecule has 0 atom stereocenters. The van der Waals surface area contributed by atoms with E-state index in [0.717, 1.165) is 59.2 Å². The molecule has 0 spiro atoms. The van der Waals surface area contributed by atoms with Gasteiger partial charge in [0.05, 0.1) is 11.9 Å². The third-order valence-corrected chi connectivity index (χ3v) is 6.42. The lowest BCUT2D eigenvalue weighted by atomic mass is 10.1. The first-order valence-electron chi connectivity index (χ1n) is 10.4. The molecule has 4 heterocycles. The Morgan fingerprint density at radius 1 is 1.10 bits per heavy atom. The molecule has 0 radical (unpaired) electrons. The summed E-state index contributed by atoms with van der Waals surface area (Å²) in [6.45, 7) is 8.21. The lowest BCUT2D eigenvalue weighted by Gasteiger charge is -2.35. The molecule has 0 saturated carbocycles. The fraction of sp³-hybridized carbons (Fsp3) is 0.364. The lowest BCUT2D eigenvalue weighted by Crippen LogP contribution is -2.46. The normalized spacial score (nSPS) is 15.3. The Morgan fingerprint density at radius 2 is 1.87 bits per heavy atom. The summed E-state index contributed by atoms with van der Waals surface area (Å²) < 4.78 is 18.8. The summed E-state index contributed by atoms with van der Waals surface area (Å²) in [5.41, 5.74) is 2.02. The van der Waals surface area contributed by atoms with E-state index in [1.54, 1.807) is 29.8 Å². The average molecular weight is 439 g/mol. The first kappa shape index (κ1) is 20.0. The molecule has 3 aromatic heterocycles. The minimum Gasteiger partial charge on any atom is -0.353 e. The van der Waals surface area contributed by atoms with Crippen molar-refractivity contribution in [2.75, 3.05) is 31.1 Å². The molecule has 4 aromatic rings. The van der Waals surface area contributed by atoms with Gasteiger partial charge in [0.15, 0.2) is 5.82 Å². The number of nitrogens with zero attached hydrogens (tertiary/aromatic N) is 6. The number of halogens is 1. The molecule has 1 saturated heterocycles. The highest BCUT2D eigenvalue weighted by Crippen LogP contribution is 2.38. The molecule has 160 valence electrons. The van der Waals surface area contributed by atoms with Crippen LogP contribution in [0.25, 0.3) is 21.3 Å². The molecule has 5 rings (SSSR count). The lowest BCUT2D eigenvalue weighted by molar-refractivity contribution is 0.215. The predicted molar refractivity (Wildman–Crippen MR) is 119 cm³/mol. The van der Waals surface area contributed by atoms with Crippen molar-refractivity contribution in [1.29, 1.82) is 0 Å². The van der Waals surface area contributed by atoms with Crippen molar-refractivity contribution in [2.45, 2.75) is 26.3 Å². The van der Waals surface area contributed by atoms with Gasteiger partial charge in [-0.3, -0.25) is 4.90 Å². The number of fused-ring (bicyclic) bond motifs is 1. The van der Waals surface area contributed by atoms with Gasteiger partial charge in [0.1, 0.15) is 22.8 Å². The van der Waals surface area contributed by atoms with E-state index in [9.17, 15) is 4.39 Å². The van der Waals surface area contributed by atoms with E-state index in [4.69, 9.17) is 4.52 Å². The van der Waals surface area contributed by atoms with Gasteiger partial charge in [-0.2, -0.15) is 4.98 Å². The second-order valence-electron chi connectivity index (χ2n) is 8.00. The Bertz CT molecular complexity index is 1180. The van der Waals surface area contributed by atoms with Gasteiger partial charge in [-0.05, 0) is 17.7 Å². The molecule has 1 aliphatic rings. The molecule has 0 bridgehead atoms. The zero-order chi connectivity index (χ0) is 21.4. The zero-order valence-corrected chi connectivity index (χ0v) is 18.3. The van der Waals surface area contributed by atoms with Crippen LogP contribution in [0.1, 0.15) is 31.5 Å². The summed E-state index contributed by atoms with van der Waals surface area (Å²) in [7, 11) is 0. The summed E-state index contributed by atoms with van der Waals surface area (Å²) >= 11 is 1.59. The minimum absolute atomic E-state index is 0.238. The molecular weight excluding hydrogens is 415 g/mol. The van der Waals surface area contributed by atoms with Crippen molar-refractivity contribution < 1.29 is 8.91 Å². The minimum atomic E-state index is -0.238. The highest BCUT2D eigenvalue weighted by atomic mass is 32.1. The van der Waals surface area contributed by atoms with Crippen LogP contribution in [-0.4, -0.2) is 51.2 Å². The molecule has 0 unspecified atom stereocenters. The average Bonchev–Trinajstić information content (AvgIpc) is 3.42. The van der Waals surface area contributed by atoms with Gasteiger partial charge in [0.25, 0.3) is 0 Å². The van der Waals surface area contributed by atoms with Crippen LogP contribution in [0.2, 0.25) is 0 Å². The number of hydrogen-bond acceptors (Lipinski definition) is 8. The first-order valence-corrected chi connectivity index (χ1v) is 11.2. The predicted octanol–water partition coefficient (Wildman–Crippen LogP) is 4.33. The highest BCUT2D eigenvalue weighted by Gasteiger charge is 2.24. The second-order valence-corrected chi connectivity index (χ2v) is 8.86. The molecule has 1 fully saturated rings. The smallest absolute Gasteiger partial charge is 0.240 e. The standard InChI is InChI=1S/C22H23FN6OS/c1-14(2)20-26-18(30-27-20)11-28-7-9-29(10-8-28)21-19-17(12-31-22(19)25-13-24-21)15-3-5-16(23)6-4-15/h3-6,12-14H,7-11H2,1-2H3. The van der Waals surface area contributed by atoms with Crippen LogP contribution >= 0.6 is 11.3 Å². The fourth-order valence-electron chi connectivity index (χ4n) is 3.82. The maximum absolute atomic E-state index is 13.4. The fourth-order valence-corrected chi connectivity index (χ4v) is 4.73. The second kappa shape index (κ2) is 8.32. The van der Waals surface area contributed by atoms with Gasteiger partial charge in [0.2, 0.25) is 5.89 Å². The monoisotopic (exact) mass is 438 g/mol. The molecule has 1 aliphatic heterocycles. The van der Waals surface area contributed by atoms with Gasteiger partial charge in [-0.25, -0.2) is 14.4 Å². The van der Waals surface area contributed by atoms with Gasteiger partial charge in [-0.15, -0.1) is 11.3 Å². The molecule has 7 nitrogen and oxygen atoms in total. The van der Waals surface area contributed by atoms with Crippen LogP contribution in [0.3, 0.4) is 0 Å². The van der Waals surface area contributed by atoms with Crippen LogP contribution in [0.15, 0.2) is 40.5 Å². The summed E-state index contributed by atoms with van der Waals surface area (Å²) in [6.07, 6.45) is 1.63. The third-order valence-electron chi connectivity index (χ3n) is 5.54. The van der Waals surface area contributed by atoms with E-state index < -0.39 is 0 Å². The Balaban J connectivity index is 1.35. The van der Waals surface area contributed by atoms with Crippen molar-refractivity contribution in [3.63, 3.8) is 0 Å². The van der Waals surface area contributed by atoms with Crippen LogP contribution in [0, 0.1) is 5.82 Å². The number of rotatable bonds is 5. The molecule has 0 amide bonds. The van der Waals surface area contributed by atoms with Crippen LogP contribution < -0.4 is 4.90 Å². The molecule has 0 N–H and O–H groups in total. The number of piperazine rings is 1. The van der Waals surface area contributed by atoms with Gasteiger partial charge in [0, 0.05) is 43.0 Å². The highest BCUT2D eigenvalue weighted by molar-refractivity contribution is 7.17. The summed E-state index contributed by atoms with van der Waals surface area (Å²) in [5.74, 6) is 2.37. The molecule has 0 aliphatic carbocycles. The van der Waals surface area contributed by atoms with Crippen LogP contribution in [-0.2, 0) is 6.54 Å². The van der Waals surface area contributed by atoms with E-state index in [1.807, 2.05) is 0 Å². The number of thiophene rings is 1. The first-order chi connectivity index (χ1) is 15.1.